The molecule has 0 fully saturated rings. The second-order valence-electron chi connectivity index (χ2n) is 5.52. The molecule has 0 saturated heterocycles. The lowest BCUT2D eigenvalue weighted by molar-refractivity contribution is -0.104. The predicted molar refractivity (Wildman–Crippen MR) is 97.8 cm³/mol. The minimum Gasteiger partial charge on any atom is -0.299 e. The molecule has 2 heteroatoms. The average Bonchev–Trinajstić information content (AvgIpc) is 2.59. The van der Waals surface area contributed by atoms with E-state index in [1.54, 1.807) is 6.08 Å². The van der Waals surface area contributed by atoms with Crippen LogP contribution in [0.4, 0.5) is 0 Å². The summed E-state index contributed by atoms with van der Waals surface area (Å²) in [7, 11) is 0. The molecular weight excluding hydrogens is 304 g/mol. The topological polar surface area (TPSA) is 17.1 Å². The molecule has 0 N–H and O–H groups in total. The molecule has 0 unspecified atom stereocenters. The van der Waals surface area contributed by atoms with Gasteiger partial charge in [-0.05, 0) is 64.6 Å². The number of aryl methyl sites for hydroxylation is 1. The molecule has 0 aromatic heterocycles. The van der Waals surface area contributed by atoms with Crippen molar-refractivity contribution in [2.45, 2.75) is 12.8 Å². The van der Waals surface area contributed by atoms with Crippen LogP contribution in [0.25, 0.3) is 16.3 Å². The fourth-order valence-corrected chi connectivity index (χ4v) is 2.85. The van der Waals surface area contributed by atoms with Crippen molar-refractivity contribution in [1.29, 1.82) is 0 Å². The summed E-state index contributed by atoms with van der Waals surface area (Å²) in [6.07, 6.45) is 4.23. The number of allylic oxidation sites excluding steroid dienone is 2. The van der Waals surface area contributed by atoms with Crippen molar-refractivity contribution >= 4 is 34.2 Å². The van der Waals surface area contributed by atoms with Crippen LogP contribution in [-0.4, -0.2) is 6.29 Å². The molecule has 3 aromatic rings. The quantitative estimate of drug-likeness (QED) is 0.435. The van der Waals surface area contributed by atoms with Crippen molar-refractivity contribution in [1.82, 2.24) is 0 Å². The molecule has 0 saturated carbocycles. The van der Waals surface area contributed by atoms with Crippen LogP contribution in [-0.2, 0) is 11.2 Å². The highest BCUT2D eigenvalue weighted by atomic mass is 35.5. The van der Waals surface area contributed by atoms with Crippen molar-refractivity contribution in [2.75, 3.05) is 0 Å². The van der Waals surface area contributed by atoms with Gasteiger partial charge in [-0.1, -0.05) is 60.1 Å². The van der Waals surface area contributed by atoms with Crippen LogP contribution in [0.2, 0.25) is 5.02 Å². The van der Waals surface area contributed by atoms with Crippen LogP contribution in [0.5, 0.6) is 0 Å². The summed E-state index contributed by atoms with van der Waals surface area (Å²) < 4.78 is 0. The Labute approximate surface area is 141 Å². The lowest BCUT2D eigenvalue weighted by Crippen LogP contribution is -1.91. The normalized spacial score (nSPS) is 11.6. The number of aldehydes is 1. The van der Waals surface area contributed by atoms with Crippen molar-refractivity contribution in [3.8, 4) is 0 Å². The summed E-state index contributed by atoms with van der Waals surface area (Å²) in [5, 5.41) is 3.14. The van der Waals surface area contributed by atoms with Crippen LogP contribution in [0.3, 0.4) is 0 Å². The molecule has 3 aromatic carbocycles. The summed E-state index contributed by atoms with van der Waals surface area (Å²) in [6.45, 7) is 0. The molecule has 0 radical (unpaired) electrons. The molecule has 0 aliphatic rings. The molecule has 114 valence electrons. The predicted octanol–water partition coefficient (Wildman–Crippen LogP) is 5.71. The smallest absolute Gasteiger partial charge is 0.143 e. The number of carbonyl (C=O) groups is 1. The molecule has 0 aliphatic heterocycles. The van der Waals surface area contributed by atoms with E-state index in [4.69, 9.17) is 11.6 Å². The summed E-state index contributed by atoms with van der Waals surface area (Å²) in [6, 6.07) is 22.4. The van der Waals surface area contributed by atoms with Crippen LogP contribution in [0.15, 0.2) is 72.8 Å². The molecule has 0 atom stereocenters. The Morgan fingerprint density at radius 2 is 1.65 bits per heavy atom. The monoisotopic (exact) mass is 320 g/mol. The SMILES string of the molecule is O=C/C=C(\CCc1ccc(Cl)cc1)c1ccc2ccccc2c1. The zero-order chi connectivity index (χ0) is 16.1. The number of carbonyl (C=O) groups excluding carboxylic acids is 1. The minimum atomic E-state index is 0.743. The van der Waals surface area contributed by atoms with Gasteiger partial charge in [0.25, 0.3) is 0 Å². The van der Waals surface area contributed by atoms with E-state index < -0.39 is 0 Å². The average molecular weight is 321 g/mol. The number of benzene rings is 3. The number of fused-ring (bicyclic) bond motifs is 1. The Bertz CT molecular complexity index is 847. The first-order valence-corrected chi connectivity index (χ1v) is 8.02. The Balaban J connectivity index is 1.84. The molecule has 0 bridgehead atoms. The van der Waals surface area contributed by atoms with Crippen LogP contribution in [0.1, 0.15) is 17.5 Å². The van der Waals surface area contributed by atoms with Crippen molar-refractivity contribution in [3.05, 3.63) is 89.0 Å². The largest absolute Gasteiger partial charge is 0.299 e. The van der Waals surface area contributed by atoms with Crippen molar-refractivity contribution in [2.24, 2.45) is 0 Å². The fraction of sp³-hybridized carbons (Fsp3) is 0.0952. The van der Waals surface area contributed by atoms with Crippen LogP contribution in [0, 0.1) is 0 Å². The van der Waals surface area contributed by atoms with Crippen LogP contribution >= 0.6 is 11.6 Å². The third-order valence-electron chi connectivity index (χ3n) is 3.99. The highest BCUT2D eigenvalue weighted by molar-refractivity contribution is 6.30. The molecule has 0 heterocycles. The summed E-state index contributed by atoms with van der Waals surface area (Å²) in [5.74, 6) is 0. The van der Waals surface area contributed by atoms with E-state index in [2.05, 4.69) is 30.3 Å². The van der Waals surface area contributed by atoms with Gasteiger partial charge in [-0.15, -0.1) is 0 Å². The zero-order valence-electron chi connectivity index (χ0n) is 12.7. The van der Waals surface area contributed by atoms with E-state index in [1.807, 2.05) is 36.4 Å². The molecule has 0 aliphatic carbocycles. The highest BCUT2D eigenvalue weighted by Crippen LogP contribution is 2.25. The maximum Gasteiger partial charge on any atom is 0.143 e. The van der Waals surface area contributed by atoms with Gasteiger partial charge in [-0.2, -0.15) is 0 Å². The van der Waals surface area contributed by atoms with Gasteiger partial charge in [-0.25, -0.2) is 0 Å². The summed E-state index contributed by atoms with van der Waals surface area (Å²) >= 11 is 5.92. The number of rotatable bonds is 5. The Kier molecular flexibility index (Phi) is 4.89. The third kappa shape index (κ3) is 3.88. The molecule has 1 nitrogen and oxygen atoms in total. The molecule has 3 rings (SSSR count). The second kappa shape index (κ2) is 7.26. The standard InChI is InChI=1S/C21H17ClO/c22-21-11-6-16(7-12-21)5-8-18(13-14-23)20-10-9-17-3-1-2-4-19(17)15-20/h1-4,6-7,9-15H,5,8H2/b18-13+. The van der Waals surface area contributed by atoms with Gasteiger partial charge in [-0.3, -0.25) is 4.79 Å². The van der Waals surface area contributed by atoms with Gasteiger partial charge in [0.15, 0.2) is 0 Å². The van der Waals surface area contributed by atoms with Crippen molar-refractivity contribution in [3.63, 3.8) is 0 Å². The van der Waals surface area contributed by atoms with Crippen molar-refractivity contribution < 1.29 is 4.79 Å². The van der Waals surface area contributed by atoms with Gasteiger partial charge in [0, 0.05) is 5.02 Å². The second-order valence-corrected chi connectivity index (χ2v) is 5.95. The molecule has 0 amide bonds. The lowest BCUT2D eigenvalue weighted by atomic mass is 9.96. The van der Waals surface area contributed by atoms with E-state index in [0.29, 0.717) is 0 Å². The lowest BCUT2D eigenvalue weighted by Gasteiger charge is -2.09. The Hall–Kier alpha value is -2.38. The van der Waals surface area contributed by atoms with Crippen LogP contribution < -0.4 is 0 Å². The number of halogens is 1. The van der Waals surface area contributed by atoms with E-state index in [1.165, 1.54) is 16.3 Å². The van der Waals surface area contributed by atoms with Gasteiger partial charge in [0.1, 0.15) is 6.29 Å². The van der Waals surface area contributed by atoms with E-state index >= 15 is 0 Å². The first-order chi connectivity index (χ1) is 11.3. The highest BCUT2D eigenvalue weighted by Gasteiger charge is 2.04. The summed E-state index contributed by atoms with van der Waals surface area (Å²) in [4.78, 5) is 11.0. The molecular formula is C21H17ClO. The van der Waals surface area contributed by atoms with E-state index in [9.17, 15) is 4.79 Å². The molecule has 0 spiro atoms. The van der Waals surface area contributed by atoms with Gasteiger partial charge in [0.2, 0.25) is 0 Å². The maximum atomic E-state index is 11.0. The van der Waals surface area contributed by atoms with Gasteiger partial charge in [0.05, 0.1) is 0 Å². The fourth-order valence-electron chi connectivity index (χ4n) is 2.73. The first kappa shape index (κ1) is 15.5. The Morgan fingerprint density at radius 1 is 0.913 bits per heavy atom. The Morgan fingerprint density at radius 3 is 2.39 bits per heavy atom. The first-order valence-electron chi connectivity index (χ1n) is 7.64. The van der Waals surface area contributed by atoms with E-state index in [0.717, 1.165) is 35.3 Å². The third-order valence-corrected chi connectivity index (χ3v) is 4.24. The van der Waals surface area contributed by atoms with Gasteiger partial charge >= 0.3 is 0 Å². The summed E-state index contributed by atoms with van der Waals surface area (Å²) in [5.41, 5.74) is 3.37. The number of hydrogen-bond donors (Lipinski definition) is 0. The zero-order valence-corrected chi connectivity index (χ0v) is 13.5. The van der Waals surface area contributed by atoms with Gasteiger partial charge < -0.3 is 0 Å². The molecule has 23 heavy (non-hydrogen) atoms. The van der Waals surface area contributed by atoms with E-state index in [-0.39, 0.29) is 0 Å². The minimum absolute atomic E-state index is 0.743. The number of hydrogen-bond acceptors (Lipinski definition) is 1. The maximum absolute atomic E-state index is 11.0.